The van der Waals surface area contributed by atoms with E-state index in [1.54, 1.807) is 24.7 Å². The molecule has 0 bridgehead atoms. The Morgan fingerprint density at radius 3 is 2.76 bits per heavy atom. The maximum Gasteiger partial charge on any atom is 0.0923 e. The lowest BCUT2D eigenvalue weighted by molar-refractivity contribution is 1.23. The van der Waals surface area contributed by atoms with Gasteiger partial charge in [-0.3, -0.25) is 4.98 Å². The van der Waals surface area contributed by atoms with E-state index in [2.05, 4.69) is 15.0 Å². The van der Waals surface area contributed by atoms with Crippen molar-refractivity contribution in [3.05, 3.63) is 59.1 Å². The van der Waals surface area contributed by atoms with Crippen molar-refractivity contribution in [3.63, 3.8) is 0 Å². The third-order valence-corrected chi connectivity index (χ3v) is 4.11. The Morgan fingerprint density at radius 1 is 0.952 bits per heavy atom. The van der Waals surface area contributed by atoms with Gasteiger partial charge in [0, 0.05) is 49.9 Å². The molecule has 2 aromatic carbocycles. The number of halogens is 2. The number of H-pyrrole nitrogens is 1. The first-order valence-corrected chi connectivity index (χ1v) is 7.15. The quantitative estimate of drug-likeness (QED) is 0.532. The predicted octanol–water partition coefficient (Wildman–Crippen LogP) is 5.08. The van der Waals surface area contributed by atoms with Gasteiger partial charge >= 0.3 is 0 Å². The second-order valence-corrected chi connectivity index (χ2v) is 5.61. The van der Waals surface area contributed by atoms with Gasteiger partial charge in [-0.2, -0.15) is 0 Å². The van der Waals surface area contributed by atoms with Crippen molar-refractivity contribution in [2.45, 2.75) is 0 Å². The number of benzene rings is 2. The maximum atomic E-state index is 6.34. The molecular weight excluding hydrogens is 305 g/mol. The molecule has 0 aliphatic carbocycles. The highest BCUT2D eigenvalue weighted by Gasteiger charge is 2.13. The Labute approximate surface area is 130 Å². The summed E-state index contributed by atoms with van der Waals surface area (Å²) in [6, 6.07) is 9.45. The summed E-state index contributed by atoms with van der Waals surface area (Å²) in [4.78, 5) is 11.8. The molecule has 0 unspecified atom stereocenters. The zero-order valence-electron chi connectivity index (χ0n) is 10.8. The van der Waals surface area contributed by atoms with Crippen LogP contribution in [-0.2, 0) is 0 Å². The summed E-state index contributed by atoms with van der Waals surface area (Å²) < 4.78 is 0. The van der Waals surface area contributed by atoms with Gasteiger partial charge < -0.3 is 4.98 Å². The molecule has 0 atom stereocenters. The van der Waals surface area contributed by atoms with Crippen LogP contribution in [0, 0.1) is 0 Å². The first-order valence-electron chi connectivity index (χ1n) is 6.39. The van der Waals surface area contributed by atoms with Crippen LogP contribution in [0.5, 0.6) is 0 Å². The van der Waals surface area contributed by atoms with E-state index in [9.17, 15) is 0 Å². The van der Waals surface area contributed by atoms with Crippen molar-refractivity contribution in [3.8, 4) is 11.1 Å². The minimum absolute atomic E-state index is 0.646. The Bertz CT molecular complexity index is 976. The molecule has 0 saturated carbocycles. The second kappa shape index (κ2) is 4.72. The van der Waals surface area contributed by atoms with Crippen LogP contribution < -0.4 is 0 Å². The number of fused-ring (bicyclic) bond motifs is 3. The summed E-state index contributed by atoms with van der Waals surface area (Å²) in [5, 5.41) is 3.37. The third kappa shape index (κ3) is 1.97. The summed E-state index contributed by atoms with van der Waals surface area (Å²) in [7, 11) is 0. The summed E-state index contributed by atoms with van der Waals surface area (Å²) in [6.07, 6.45) is 5.28. The monoisotopic (exact) mass is 313 g/mol. The van der Waals surface area contributed by atoms with Crippen molar-refractivity contribution in [2.24, 2.45) is 0 Å². The smallest absolute Gasteiger partial charge is 0.0923 e. The zero-order chi connectivity index (χ0) is 14.4. The number of hydrogen-bond acceptors (Lipinski definition) is 2. The fourth-order valence-corrected chi connectivity index (χ4v) is 2.98. The van der Waals surface area contributed by atoms with Gasteiger partial charge in [0.15, 0.2) is 0 Å². The Hall–Kier alpha value is -2.10. The van der Waals surface area contributed by atoms with Gasteiger partial charge in [-0.1, -0.05) is 23.2 Å². The van der Waals surface area contributed by atoms with Crippen LogP contribution in [0.4, 0.5) is 0 Å². The van der Waals surface area contributed by atoms with Crippen LogP contribution >= 0.6 is 23.2 Å². The number of aromatic amines is 1. The number of hydrogen-bond donors (Lipinski definition) is 1. The first-order chi connectivity index (χ1) is 10.2. The summed E-state index contributed by atoms with van der Waals surface area (Å²) >= 11 is 12.5. The SMILES string of the molecule is Clc1ccc(Cl)c(-c2cc3[nH]cncc3c3ccnc23)c1. The lowest BCUT2D eigenvalue weighted by Gasteiger charge is -2.09. The van der Waals surface area contributed by atoms with Crippen molar-refractivity contribution < 1.29 is 0 Å². The molecule has 2 heterocycles. The number of rotatable bonds is 1. The van der Waals surface area contributed by atoms with E-state index in [4.69, 9.17) is 23.2 Å². The summed E-state index contributed by atoms with van der Waals surface area (Å²) in [6.45, 7) is 0. The summed E-state index contributed by atoms with van der Waals surface area (Å²) in [5.41, 5.74) is 3.71. The Balaban J connectivity index is 2.16. The van der Waals surface area contributed by atoms with Crippen LogP contribution in [0.1, 0.15) is 0 Å². The number of aromatic nitrogens is 3. The van der Waals surface area contributed by atoms with Crippen molar-refractivity contribution in [1.82, 2.24) is 15.0 Å². The number of nitrogens with zero attached hydrogens (tertiary/aromatic N) is 2. The van der Waals surface area contributed by atoms with Crippen molar-refractivity contribution >= 4 is 45.0 Å². The average Bonchev–Trinajstić information content (AvgIpc) is 2.99. The molecule has 0 aliphatic rings. The second-order valence-electron chi connectivity index (χ2n) is 4.77. The topological polar surface area (TPSA) is 41.6 Å². The maximum absolute atomic E-state index is 6.34. The lowest BCUT2D eigenvalue weighted by atomic mass is 10.0. The van der Waals surface area contributed by atoms with E-state index < -0.39 is 0 Å². The van der Waals surface area contributed by atoms with Crippen LogP contribution in [0.25, 0.3) is 32.9 Å². The van der Waals surface area contributed by atoms with E-state index >= 15 is 0 Å². The van der Waals surface area contributed by atoms with Crippen molar-refractivity contribution in [2.75, 3.05) is 0 Å². The average molecular weight is 314 g/mol. The van der Waals surface area contributed by atoms with E-state index in [1.807, 2.05) is 24.4 Å². The molecule has 0 radical (unpaired) electrons. The normalized spacial score (nSPS) is 11.3. The van der Waals surface area contributed by atoms with E-state index in [0.29, 0.717) is 10.0 Å². The minimum Gasteiger partial charge on any atom is -0.346 e. The van der Waals surface area contributed by atoms with Crippen LogP contribution in [0.2, 0.25) is 10.0 Å². The van der Waals surface area contributed by atoms with Gasteiger partial charge in [0.05, 0.1) is 11.8 Å². The fraction of sp³-hybridized carbons (Fsp3) is 0. The highest BCUT2D eigenvalue weighted by Crippen LogP contribution is 2.37. The molecule has 21 heavy (non-hydrogen) atoms. The molecule has 3 nitrogen and oxygen atoms in total. The standard InChI is InChI=1S/C16H9Cl2N3/c17-9-1-2-14(18)11(5-9)12-6-15-13(7-19-8-21-15)10-3-4-20-16(10)12/h1-8H,(H,19,21). The first kappa shape index (κ1) is 12.6. The van der Waals surface area contributed by atoms with Gasteiger partial charge in [0.2, 0.25) is 0 Å². The largest absolute Gasteiger partial charge is 0.346 e. The molecular formula is C16H9Cl2N3. The zero-order valence-corrected chi connectivity index (χ0v) is 12.3. The van der Waals surface area contributed by atoms with Gasteiger partial charge in [0.1, 0.15) is 0 Å². The van der Waals surface area contributed by atoms with E-state index in [-0.39, 0.29) is 0 Å². The van der Waals surface area contributed by atoms with Crippen LogP contribution in [0.15, 0.2) is 49.1 Å². The molecule has 2 aromatic heterocycles. The highest BCUT2D eigenvalue weighted by atomic mass is 35.5. The molecule has 0 spiro atoms. The Kier molecular flexibility index (Phi) is 2.84. The predicted molar refractivity (Wildman–Crippen MR) is 86.9 cm³/mol. The molecule has 4 aromatic rings. The molecule has 4 rings (SSSR count). The Morgan fingerprint density at radius 2 is 1.86 bits per heavy atom. The van der Waals surface area contributed by atoms with Crippen LogP contribution in [-0.4, -0.2) is 15.0 Å². The van der Waals surface area contributed by atoms with Gasteiger partial charge in [-0.05, 0) is 30.3 Å². The van der Waals surface area contributed by atoms with Gasteiger partial charge in [-0.15, -0.1) is 0 Å². The minimum atomic E-state index is 0.646. The molecule has 1 N–H and O–H groups in total. The van der Waals surface area contributed by atoms with E-state index in [0.717, 1.165) is 32.9 Å². The molecule has 0 saturated heterocycles. The van der Waals surface area contributed by atoms with E-state index in [1.165, 1.54) is 0 Å². The van der Waals surface area contributed by atoms with Gasteiger partial charge in [0.25, 0.3) is 0 Å². The van der Waals surface area contributed by atoms with Crippen molar-refractivity contribution in [1.29, 1.82) is 0 Å². The molecule has 102 valence electrons. The lowest BCUT2D eigenvalue weighted by Crippen LogP contribution is -1.87. The molecule has 0 amide bonds. The highest BCUT2D eigenvalue weighted by molar-refractivity contribution is 6.36. The molecule has 0 aliphatic heterocycles. The number of nitrogens with one attached hydrogen (secondary N) is 1. The summed E-state index contributed by atoms with van der Waals surface area (Å²) in [5.74, 6) is 0. The van der Waals surface area contributed by atoms with Gasteiger partial charge in [-0.25, -0.2) is 4.98 Å². The fourth-order valence-electron chi connectivity index (χ4n) is 2.59. The molecule has 0 fully saturated rings. The van der Waals surface area contributed by atoms with Crippen LogP contribution in [0.3, 0.4) is 0 Å². The third-order valence-electron chi connectivity index (χ3n) is 3.54. The molecule has 5 heteroatoms.